The first-order chi connectivity index (χ1) is 12.8. The van der Waals surface area contributed by atoms with Gasteiger partial charge in [0.15, 0.2) is 0 Å². The van der Waals surface area contributed by atoms with Crippen LogP contribution in [0.15, 0.2) is 53.7 Å². The van der Waals surface area contributed by atoms with Crippen LogP contribution in [0.5, 0.6) is 0 Å². The van der Waals surface area contributed by atoms with Crippen molar-refractivity contribution in [3.05, 3.63) is 60.0 Å². The average molecular weight is 382 g/mol. The van der Waals surface area contributed by atoms with Crippen LogP contribution in [0, 0.1) is 6.92 Å². The van der Waals surface area contributed by atoms with E-state index in [-0.39, 0.29) is 16.4 Å². The molecular weight excluding hydrogens is 368 g/mol. The molecule has 0 aliphatic heterocycles. The number of nitrogens with zero attached hydrogens (tertiary/aromatic N) is 2. The summed E-state index contributed by atoms with van der Waals surface area (Å²) in [7, 11) is -3.86. The lowest BCUT2D eigenvalue weighted by atomic mass is 10.2. The van der Waals surface area contributed by atoms with Gasteiger partial charge in [0.05, 0.1) is 15.9 Å². The highest BCUT2D eigenvalue weighted by Gasteiger charge is 2.19. The minimum absolute atomic E-state index is 0.0406. The predicted octanol–water partition coefficient (Wildman–Crippen LogP) is 2.92. The van der Waals surface area contributed by atoms with Crippen molar-refractivity contribution in [2.24, 2.45) is 0 Å². The first kappa shape index (κ1) is 17.0. The van der Waals surface area contributed by atoms with Crippen molar-refractivity contribution in [3.8, 4) is 0 Å². The summed E-state index contributed by atoms with van der Waals surface area (Å²) in [6, 6.07) is 9.42. The van der Waals surface area contributed by atoms with Gasteiger partial charge in [-0.15, -0.1) is 0 Å². The number of sulfonamides is 1. The van der Waals surface area contributed by atoms with Crippen molar-refractivity contribution >= 4 is 43.6 Å². The number of aryl methyl sites for hydroxylation is 1. The van der Waals surface area contributed by atoms with Crippen LogP contribution in [0.3, 0.4) is 0 Å². The highest BCUT2D eigenvalue weighted by Crippen LogP contribution is 2.30. The second-order valence-electron chi connectivity index (χ2n) is 6.05. The van der Waals surface area contributed by atoms with Crippen LogP contribution in [0.4, 0.5) is 5.82 Å². The lowest BCUT2D eigenvalue weighted by molar-refractivity contribution is 0.0691. The van der Waals surface area contributed by atoms with E-state index in [4.69, 9.17) is 0 Å². The first-order valence-electron chi connectivity index (χ1n) is 7.94. The quantitative estimate of drug-likeness (QED) is 0.498. The Morgan fingerprint density at radius 1 is 1.15 bits per heavy atom. The van der Waals surface area contributed by atoms with Gasteiger partial charge in [-0.25, -0.2) is 18.2 Å². The number of carboxylic acid groups (broad SMARTS) is 1. The number of carboxylic acids is 1. The molecule has 4 aromatic rings. The fourth-order valence-corrected chi connectivity index (χ4v) is 3.84. The zero-order chi connectivity index (χ0) is 19.2. The number of aromatic nitrogens is 3. The van der Waals surface area contributed by atoms with E-state index in [2.05, 4.69) is 19.7 Å². The molecule has 0 radical (unpaired) electrons. The fourth-order valence-electron chi connectivity index (χ4n) is 2.81. The third-order valence-electron chi connectivity index (χ3n) is 4.17. The number of hydrogen-bond donors (Lipinski definition) is 3. The Labute approximate surface area is 153 Å². The van der Waals surface area contributed by atoms with Gasteiger partial charge < -0.3 is 10.1 Å². The van der Waals surface area contributed by atoms with Crippen LogP contribution in [0.2, 0.25) is 0 Å². The second-order valence-corrected chi connectivity index (χ2v) is 7.73. The van der Waals surface area contributed by atoms with Crippen molar-refractivity contribution < 1.29 is 18.3 Å². The van der Waals surface area contributed by atoms with E-state index in [9.17, 15) is 18.3 Å². The summed E-state index contributed by atoms with van der Waals surface area (Å²) in [4.78, 5) is 22.5. The maximum Gasteiger partial charge on any atom is 0.352 e. The number of hydrogen-bond acceptors (Lipinski definition) is 5. The summed E-state index contributed by atoms with van der Waals surface area (Å²) in [5.41, 5.74) is 1.71. The van der Waals surface area contributed by atoms with E-state index < -0.39 is 16.0 Å². The number of benzene rings is 1. The van der Waals surface area contributed by atoms with E-state index in [0.29, 0.717) is 21.8 Å². The Morgan fingerprint density at radius 2 is 1.89 bits per heavy atom. The molecule has 8 nitrogen and oxygen atoms in total. The third-order valence-corrected chi connectivity index (χ3v) is 5.52. The molecule has 0 amide bonds. The molecule has 1 aromatic carbocycles. The topological polar surface area (TPSA) is 125 Å². The van der Waals surface area contributed by atoms with E-state index in [1.54, 1.807) is 18.2 Å². The second kappa shape index (κ2) is 6.06. The van der Waals surface area contributed by atoms with Gasteiger partial charge in [-0.1, -0.05) is 17.7 Å². The van der Waals surface area contributed by atoms with Gasteiger partial charge in [0.2, 0.25) is 0 Å². The zero-order valence-electron chi connectivity index (χ0n) is 14.1. The predicted molar refractivity (Wildman–Crippen MR) is 100 cm³/mol. The number of aromatic carboxylic acids is 1. The molecule has 0 aliphatic rings. The van der Waals surface area contributed by atoms with Crippen molar-refractivity contribution in [3.63, 3.8) is 0 Å². The molecule has 9 heteroatoms. The largest absolute Gasteiger partial charge is 0.477 e. The summed E-state index contributed by atoms with van der Waals surface area (Å²) in [5, 5.41) is 10.3. The zero-order valence-corrected chi connectivity index (χ0v) is 14.9. The maximum absolute atomic E-state index is 12.7. The Bertz CT molecular complexity index is 1290. The van der Waals surface area contributed by atoms with E-state index >= 15 is 0 Å². The number of pyridine rings is 2. The fraction of sp³-hybridized carbons (Fsp3) is 0.0556. The van der Waals surface area contributed by atoms with Crippen molar-refractivity contribution in [2.75, 3.05) is 4.72 Å². The van der Waals surface area contributed by atoms with Gasteiger partial charge >= 0.3 is 5.97 Å². The Balaban J connectivity index is 1.90. The molecule has 0 spiro atoms. The SMILES string of the molecule is Cc1ccc(S(=O)(=O)Nc2nc3cc(C(=O)O)[nH]c3c3cnccc23)cc1. The molecule has 3 heterocycles. The smallest absolute Gasteiger partial charge is 0.352 e. The van der Waals surface area contributed by atoms with Crippen LogP contribution in [0.1, 0.15) is 16.1 Å². The maximum atomic E-state index is 12.7. The molecular formula is C18H14N4O4S. The molecule has 0 saturated carbocycles. The minimum atomic E-state index is -3.86. The Kier molecular flexibility index (Phi) is 3.81. The van der Waals surface area contributed by atoms with Gasteiger partial charge in [-0.2, -0.15) is 0 Å². The van der Waals surface area contributed by atoms with Gasteiger partial charge in [-0.3, -0.25) is 9.71 Å². The molecule has 0 bridgehead atoms. The number of nitrogens with one attached hydrogen (secondary N) is 2. The van der Waals surface area contributed by atoms with Crippen LogP contribution in [-0.4, -0.2) is 34.4 Å². The molecule has 0 fully saturated rings. The number of rotatable bonds is 4. The van der Waals surface area contributed by atoms with Crippen LogP contribution in [0.25, 0.3) is 21.8 Å². The number of fused-ring (bicyclic) bond motifs is 3. The van der Waals surface area contributed by atoms with Gasteiger partial charge in [-0.05, 0) is 31.2 Å². The van der Waals surface area contributed by atoms with E-state index in [0.717, 1.165) is 5.56 Å². The molecule has 0 saturated heterocycles. The monoisotopic (exact) mass is 382 g/mol. The highest BCUT2D eigenvalue weighted by atomic mass is 32.2. The van der Waals surface area contributed by atoms with Gasteiger partial charge in [0.1, 0.15) is 11.5 Å². The van der Waals surface area contributed by atoms with Crippen molar-refractivity contribution in [2.45, 2.75) is 11.8 Å². The lowest BCUT2D eigenvalue weighted by Gasteiger charge is -2.10. The molecule has 27 heavy (non-hydrogen) atoms. The Hall–Kier alpha value is -3.46. The average Bonchev–Trinajstić information content (AvgIpc) is 3.06. The molecule has 4 rings (SSSR count). The summed E-state index contributed by atoms with van der Waals surface area (Å²) in [5.74, 6) is -1.02. The molecule has 0 atom stereocenters. The minimum Gasteiger partial charge on any atom is -0.477 e. The summed E-state index contributed by atoms with van der Waals surface area (Å²) in [6.45, 7) is 1.87. The standard InChI is InChI=1S/C18H14N4O4S/c1-10-2-4-11(5-3-10)27(25,26)22-17-12-6-7-19-9-13(12)16-14(21-17)8-15(20-16)18(23)24/h2-9,20H,1H3,(H,21,22)(H,23,24). The van der Waals surface area contributed by atoms with Gasteiger partial charge in [0, 0.05) is 23.2 Å². The summed E-state index contributed by atoms with van der Waals surface area (Å²) >= 11 is 0. The lowest BCUT2D eigenvalue weighted by Crippen LogP contribution is -2.14. The Morgan fingerprint density at radius 3 is 2.59 bits per heavy atom. The molecule has 3 aromatic heterocycles. The third kappa shape index (κ3) is 2.97. The van der Waals surface area contributed by atoms with E-state index in [1.165, 1.54) is 30.6 Å². The number of anilines is 1. The summed E-state index contributed by atoms with van der Waals surface area (Å²) in [6.07, 6.45) is 3.05. The van der Waals surface area contributed by atoms with Crippen LogP contribution < -0.4 is 4.72 Å². The molecule has 0 unspecified atom stereocenters. The van der Waals surface area contributed by atoms with Crippen molar-refractivity contribution in [1.82, 2.24) is 15.0 Å². The van der Waals surface area contributed by atoms with Crippen LogP contribution in [-0.2, 0) is 10.0 Å². The van der Waals surface area contributed by atoms with Crippen LogP contribution >= 0.6 is 0 Å². The molecule has 0 aliphatic carbocycles. The highest BCUT2D eigenvalue weighted by molar-refractivity contribution is 7.92. The van der Waals surface area contributed by atoms with E-state index in [1.807, 2.05) is 6.92 Å². The normalized spacial score (nSPS) is 11.7. The number of H-pyrrole nitrogens is 1. The van der Waals surface area contributed by atoms with Crippen molar-refractivity contribution in [1.29, 1.82) is 0 Å². The summed E-state index contributed by atoms with van der Waals surface area (Å²) < 4.78 is 28.0. The van der Waals surface area contributed by atoms with Gasteiger partial charge in [0.25, 0.3) is 10.0 Å². The number of carbonyl (C=O) groups is 1. The molecule has 136 valence electrons. The first-order valence-corrected chi connectivity index (χ1v) is 9.43. The number of aromatic amines is 1. The molecule has 3 N–H and O–H groups in total.